The van der Waals surface area contributed by atoms with Crippen molar-refractivity contribution >= 4 is 34.7 Å². The summed E-state index contributed by atoms with van der Waals surface area (Å²) in [7, 11) is 0. The van der Waals surface area contributed by atoms with Crippen LogP contribution in [0.25, 0.3) is 0 Å². The summed E-state index contributed by atoms with van der Waals surface area (Å²) >= 11 is 12.3. The quantitative estimate of drug-likeness (QED) is 0.355. The Labute approximate surface area is 131 Å². The molecule has 2 aromatic rings. The Morgan fingerprint density at radius 3 is 2.10 bits per heavy atom. The first-order valence-corrected chi connectivity index (χ1v) is 6.99. The minimum Gasteiger partial charge on any atom is -0.292 e. The molecule has 108 valence electrons. The van der Waals surface area contributed by atoms with Crippen LogP contribution in [0.2, 0.25) is 0 Å². The van der Waals surface area contributed by atoms with Gasteiger partial charge in [-0.3, -0.25) is 14.9 Å². The van der Waals surface area contributed by atoms with E-state index in [1.54, 1.807) is 30.3 Å². The highest BCUT2D eigenvalue weighted by Crippen LogP contribution is 2.31. The molecule has 2 rings (SSSR count). The van der Waals surface area contributed by atoms with Crippen LogP contribution in [0, 0.1) is 10.1 Å². The molecule has 0 fully saturated rings. The number of ketones is 1. The van der Waals surface area contributed by atoms with E-state index >= 15 is 0 Å². The van der Waals surface area contributed by atoms with Gasteiger partial charge in [-0.2, -0.15) is 0 Å². The second-order valence-electron chi connectivity index (χ2n) is 4.38. The number of nitrogens with zero attached hydrogens (tertiary/aromatic N) is 1. The molecule has 0 aromatic heterocycles. The van der Waals surface area contributed by atoms with Gasteiger partial charge in [0.2, 0.25) is 0 Å². The van der Waals surface area contributed by atoms with Crippen molar-refractivity contribution in [2.24, 2.45) is 0 Å². The lowest BCUT2D eigenvalue weighted by Crippen LogP contribution is -2.19. The van der Waals surface area contributed by atoms with Crippen LogP contribution < -0.4 is 0 Å². The average molecular weight is 324 g/mol. The summed E-state index contributed by atoms with van der Waals surface area (Å²) in [6, 6.07) is 14.3. The molecule has 21 heavy (non-hydrogen) atoms. The molecule has 0 heterocycles. The number of nitro groups is 1. The molecule has 0 bridgehead atoms. The van der Waals surface area contributed by atoms with Crippen molar-refractivity contribution in [3.63, 3.8) is 0 Å². The first-order valence-electron chi connectivity index (χ1n) is 6.12. The highest BCUT2D eigenvalue weighted by atomic mass is 35.5. The van der Waals surface area contributed by atoms with E-state index in [9.17, 15) is 14.9 Å². The summed E-state index contributed by atoms with van der Waals surface area (Å²) in [5.41, 5.74) is 1.000. The fraction of sp³-hybridized carbons (Fsp3) is 0.133. The Morgan fingerprint density at radius 2 is 1.57 bits per heavy atom. The number of hydrogen-bond acceptors (Lipinski definition) is 3. The number of Topliss-reactive ketones (excluding diaryl/α,β-unsaturated/α-hetero) is 1. The van der Waals surface area contributed by atoms with Gasteiger partial charge in [0.15, 0.2) is 5.78 Å². The fourth-order valence-corrected chi connectivity index (χ4v) is 2.37. The van der Waals surface area contributed by atoms with E-state index in [-0.39, 0.29) is 11.5 Å². The van der Waals surface area contributed by atoms with Gasteiger partial charge in [-0.1, -0.05) is 42.5 Å². The Morgan fingerprint density at radius 1 is 1.00 bits per heavy atom. The van der Waals surface area contributed by atoms with E-state index in [0.29, 0.717) is 11.1 Å². The van der Waals surface area contributed by atoms with Crippen LogP contribution >= 0.6 is 23.2 Å². The van der Waals surface area contributed by atoms with E-state index in [1.165, 1.54) is 24.3 Å². The SMILES string of the molecule is O=C(c1ccccc1)C(Cl)C(Cl)c1ccc([N+](=O)[O-])cc1. The largest absolute Gasteiger partial charge is 0.292 e. The Hall–Kier alpha value is -1.91. The first kappa shape index (κ1) is 15.5. The predicted octanol–water partition coefficient (Wildman–Crippen LogP) is 4.37. The lowest BCUT2D eigenvalue weighted by Gasteiger charge is -2.15. The van der Waals surface area contributed by atoms with Gasteiger partial charge in [-0.15, -0.1) is 23.2 Å². The number of hydrogen-bond donors (Lipinski definition) is 0. The average Bonchev–Trinajstić information content (AvgIpc) is 2.53. The zero-order valence-electron chi connectivity index (χ0n) is 10.8. The summed E-state index contributed by atoms with van der Waals surface area (Å²) in [5, 5.41) is 8.89. The van der Waals surface area contributed by atoms with Gasteiger partial charge in [0, 0.05) is 17.7 Å². The van der Waals surface area contributed by atoms with Crippen molar-refractivity contribution in [1.82, 2.24) is 0 Å². The van der Waals surface area contributed by atoms with E-state index < -0.39 is 15.7 Å². The number of halogens is 2. The summed E-state index contributed by atoms with van der Waals surface area (Å²) < 4.78 is 0. The molecule has 0 aliphatic rings. The molecule has 0 amide bonds. The molecule has 0 aliphatic heterocycles. The number of non-ortho nitro benzene ring substituents is 1. The Kier molecular flexibility index (Phi) is 4.94. The van der Waals surface area contributed by atoms with Crippen molar-refractivity contribution in [1.29, 1.82) is 0 Å². The Bertz CT molecular complexity index is 644. The van der Waals surface area contributed by atoms with Crippen LogP contribution in [0.5, 0.6) is 0 Å². The molecule has 0 saturated heterocycles. The maximum Gasteiger partial charge on any atom is 0.269 e. The fourth-order valence-electron chi connectivity index (χ4n) is 1.84. The van der Waals surface area contributed by atoms with Crippen molar-refractivity contribution in [3.05, 3.63) is 75.8 Å². The highest BCUT2D eigenvalue weighted by Gasteiger charge is 2.27. The van der Waals surface area contributed by atoms with Gasteiger partial charge in [0.25, 0.3) is 5.69 Å². The van der Waals surface area contributed by atoms with Gasteiger partial charge in [0.05, 0.1) is 10.3 Å². The molecule has 6 heteroatoms. The first-order chi connectivity index (χ1) is 10.0. The molecule has 2 aromatic carbocycles. The van der Waals surface area contributed by atoms with Crippen LogP contribution in [-0.4, -0.2) is 16.1 Å². The minimum absolute atomic E-state index is 0.0388. The highest BCUT2D eigenvalue weighted by molar-refractivity contribution is 6.39. The summed E-state index contributed by atoms with van der Waals surface area (Å²) in [4.78, 5) is 22.3. The lowest BCUT2D eigenvalue weighted by atomic mass is 10.0. The molecule has 0 N–H and O–H groups in total. The van der Waals surface area contributed by atoms with Crippen molar-refractivity contribution < 1.29 is 9.72 Å². The van der Waals surface area contributed by atoms with Crippen molar-refractivity contribution in [2.45, 2.75) is 10.8 Å². The number of carbonyl (C=O) groups excluding carboxylic acids is 1. The maximum absolute atomic E-state index is 12.2. The predicted molar refractivity (Wildman–Crippen MR) is 82.1 cm³/mol. The van der Waals surface area contributed by atoms with Crippen LogP contribution in [0.1, 0.15) is 21.3 Å². The second kappa shape index (κ2) is 6.70. The van der Waals surface area contributed by atoms with Gasteiger partial charge in [-0.25, -0.2) is 0 Å². The van der Waals surface area contributed by atoms with Crippen LogP contribution in [0.4, 0.5) is 5.69 Å². The molecular formula is C15H11Cl2NO3. The topological polar surface area (TPSA) is 60.2 Å². The third-order valence-corrected chi connectivity index (χ3v) is 4.07. The monoisotopic (exact) mass is 323 g/mol. The van der Waals surface area contributed by atoms with Crippen molar-refractivity contribution in [3.8, 4) is 0 Å². The van der Waals surface area contributed by atoms with Gasteiger partial charge >= 0.3 is 0 Å². The van der Waals surface area contributed by atoms with E-state index in [4.69, 9.17) is 23.2 Å². The molecular weight excluding hydrogens is 313 g/mol. The zero-order chi connectivity index (χ0) is 15.4. The van der Waals surface area contributed by atoms with Crippen molar-refractivity contribution in [2.75, 3.05) is 0 Å². The standard InChI is InChI=1S/C15H11Cl2NO3/c16-13(10-6-8-12(9-7-10)18(20)21)14(17)15(19)11-4-2-1-3-5-11/h1-9,13-14H. The number of alkyl halides is 2. The molecule has 0 saturated carbocycles. The number of rotatable bonds is 5. The summed E-state index contributed by atoms with van der Waals surface area (Å²) in [6.07, 6.45) is 0. The van der Waals surface area contributed by atoms with Crippen LogP contribution in [0.3, 0.4) is 0 Å². The molecule has 2 unspecified atom stereocenters. The molecule has 4 nitrogen and oxygen atoms in total. The minimum atomic E-state index is -0.949. The number of carbonyl (C=O) groups is 1. The molecule has 2 atom stereocenters. The lowest BCUT2D eigenvalue weighted by molar-refractivity contribution is -0.384. The maximum atomic E-state index is 12.2. The van der Waals surface area contributed by atoms with Gasteiger partial charge in [-0.05, 0) is 5.56 Å². The second-order valence-corrected chi connectivity index (χ2v) is 5.32. The summed E-state index contributed by atoms with van der Waals surface area (Å²) in [6.45, 7) is 0. The molecule has 0 radical (unpaired) electrons. The van der Waals surface area contributed by atoms with Crippen LogP contribution in [0.15, 0.2) is 54.6 Å². The normalized spacial score (nSPS) is 13.4. The molecule has 0 aliphatic carbocycles. The summed E-state index contributed by atoms with van der Waals surface area (Å²) in [5.74, 6) is -0.282. The van der Waals surface area contributed by atoms with Gasteiger partial charge < -0.3 is 0 Å². The van der Waals surface area contributed by atoms with E-state index in [0.717, 1.165) is 0 Å². The number of nitro benzene ring substituents is 1. The molecule has 0 spiro atoms. The van der Waals surface area contributed by atoms with E-state index in [1.807, 2.05) is 0 Å². The number of benzene rings is 2. The third-order valence-electron chi connectivity index (χ3n) is 2.99. The smallest absolute Gasteiger partial charge is 0.269 e. The third kappa shape index (κ3) is 3.60. The van der Waals surface area contributed by atoms with Gasteiger partial charge in [0.1, 0.15) is 5.38 Å². The zero-order valence-corrected chi connectivity index (χ0v) is 12.3. The van der Waals surface area contributed by atoms with E-state index in [2.05, 4.69) is 0 Å². The van der Waals surface area contributed by atoms with Crippen LogP contribution in [-0.2, 0) is 0 Å². The Balaban J connectivity index is 2.17.